The van der Waals surface area contributed by atoms with Gasteiger partial charge in [0.2, 0.25) is 0 Å². The number of benzene rings is 2. The monoisotopic (exact) mass is 389 g/mol. The molecule has 0 saturated heterocycles. The van der Waals surface area contributed by atoms with E-state index in [1.807, 2.05) is 4.72 Å². The molecular formula is C18H19F4NO2S. The Kier molecular flexibility index (Phi) is 6.28. The lowest BCUT2D eigenvalue weighted by Crippen LogP contribution is -2.16. The summed E-state index contributed by atoms with van der Waals surface area (Å²) in [6, 6.07) is 8.45. The van der Waals surface area contributed by atoms with Crippen LogP contribution in [0.25, 0.3) is 0 Å². The molecule has 0 atom stereocenters. The number of hydrogen-bond donors (Lipinski definition) is 1. The lowest BCUT2D eigenvalue weighted by atomic mass is 10.1. The molecule has 0 spiro atoms. The first-order chi connectivity index (χ1) is 12.1. The topological polar surface area (TPSA) is 46.2 Å². The summed E-state index contributed by atoms with van der Waals surface area (Å²) >= 11 is 0. The molecule has 0 saturated carbocycles. The van der Waals surface area contributed by atoms with Gasteiger partial charge < -0.3 is 0 Å². The number of hydrogen-bond acceptors (Lipinski definition) is 2. The second-order valence-corrected chi connectivity index (χ2v) is 7.55. The van der Waals surface area contributed by atoms with E-state index in [0.717, 1.165) is 43.4 Å². The molecule has 3 nitrogen and oxygen atoms in total. The normalized spacial score (nSPS) is 12.2. The van der Waals surface area contributed by atoms with Gasteiger partial charge in [-0.25, -0.2) is 12.8 Å². The minimum absolute atomic E-state index is 0.145. The molecule has 142 valence electrons. The van der Waals surface area contributed by atoms with Gasteiger partial charge in [-0.1, -0.05) is 38.0 Å². The fraction of sp³-hybridized carbons (Fsp3) is 0.333. The minimum Gasteiger partial charge on any atom is -0.277 e. The van der Waals surface area contributed by atoms with Gasteiger partial charge in [-0.2, -0.15) is 13.2 Å². The SMILES string of the molecule is CCCCCc1ccc(S(=O)(=O)Nc2cccc(C(F)(F)F)c2F)cc1. The highest BCUT2D eigenvalue weighted by molar-refractivity contribution is 7.92. The second-order valence-electron chi connectivity index (χ2n) is 5.87. The van der Waals surface area contributed by atoms with Gasteiger partial charge in [0.25, 0.3) is 10.0 Å². The third-order valence-corrected chi connectivity index (χ3v) is 5.23. The lowest BCUT2D eigenvalue weighted by molar-refractivity contribution is -0.139. The molecule has 0 unspecified atom stereocenters. The number of sulfonamides is 1. The van der Waals surface area contributed by atoms with Crippen molar-refractivity contribution in [2.45, 2.75) is 43.7 Å². The molecule has 1 N–H and O–H groups in total. The van der Waals surface area contributed by atoms with Crippen LogP contribution in [0, 0.1) is 5.82 Å². The van der Waals surface area contributed by atoms with Gasteiger partial charge >= 0.3 is 6.18 Å². The van der Waals surface area contributed by atoms with Gasteiger partial charge in [0.1, 0.15) is 0 Å². The van der Waals surface area contributed by atoms with Gasteiger partial charge in [0.05, 0.1) is 16.1 Å². The maximum Gasteiger partial charge on any atom is 0.419 e. The fourth-order valence-corrected chi connectivity index (χ4v) is 3.51. The number of nitrogens with one attached hydrogen (secondary N) is 1. The van der Waals surface area contributed by atoms with Crippen molar-refractivity contribution in [3.8, 4) is 0 Å². The Bertz CT molecular complexity index is 846. The average Bonchev–Trinajstić information content (AvgIpc) is 2.56. The van der Waals surface area contributed by atoms with Crippen LogP contribution in [0.4, 0.5) is 23.2 Å². The first-order valence-corrected chi connectivity index (χ1v) is 9.61. The van der Waals surface area contributed by atoms with Gasteiger partial charge in [0.15, 0.2) is 5.82 Å². The molecule has 0 bridgehead atoms. The van der Waals surface area contributed by atoms with E-state index in [-0.39, 0.29) is 4.90 Å². The highest BCUT2D eigenvalue weighted by atomic mass is 32.2. The van der Waals surface area contributed by atoms with Crippen LogP contribution in [-0.4, -0.2) is 8.42 Å². The number of halogens is 4. The van der Waals surface area contributed by atoms with Crippen LogP contribution in [0.1, 0.15) is 37.3 Å². The molecular weight excluding hydrogens is 370 g/mol. The van der Waals surface area contributed by atoms with Crippen molar-refractivity contribution in [2.24, 2.45) is 0 Å². The smallest absolute Gasteiger partial charge is 0.277 e. The maximum absolute atomic E-state index is 14.0. The molecule has 0 radical (unpaired) electrons. The first kappa shape index (κ1) is 20.2. The van der Waals surface area contributed by atoms with Crippen molar-refractivity contribution in [1.29, 1.82) is 0 Å². The molecule has 2 aromatic rings. The van der Waals surface area contributed by atoms with E-state index in [1.54, 1.807) is 12.1 Å². The highest BCUT2D eigenvalue weighted by Crippen LogP contribution is 2.34. The summed E-state index contributed by atoms with van der Waals surface area (Å²) in [6.07, 6.45) is -0.985. The van der Waals surface area contributed by atoms with E-state index in [1.165, 1.54) is 12.1 Å². The molecule has 0 aromatic heterocycles. The maximum atomic E-state index is 14.0. The largest absolute Gasteiger partial charge is 0.419 e. The fourth-order valence-electron chi connectivity index (χ4n) is 2.45. The number of aryl methyl sites for hydroxylation is 1. The summed E-state index contributed by atoms with van der Waals surface area (Å²) in [7, 11) is -4.20. The van der Waals surface area contributed by atoms with Crippen LogP contribution >= 0.6 is 0 Å². The van der Waals surface area contributed by atoms with Gasteiger partial charge in [-0.05, 0) is 42.7 Å². The van der Waals surface area contributed by atoms with Crippen molar-refractivity contribution in [3.05, 3.63) is 59.4 Å². The van der Waals surface area contributed by atoms with Crippen LogP contribution in [0.2, 0.25) is 0 Å². The summed E-state index contributed by atoms with van der Waals surface area (Å²) in [5.41, 5.74) is -1.31. The Morgan fingerprint density at radius 1 is 1.00 bits per heavy atom. The first-order valence-electron chi connectivity index (χ1n) is 8.12. The van der Waals surface area contributed by atoms with Gasteiger partial charge in [-0.3, -0.25) is 4.72 Å². The number of alkyl halides is 3. The van der Waals surface area contributed by atoms with Gasteiger partial charge in [-0.15, -0.1) is 0 Å². The van der Waals surface area contributed by atoms with Crippen molar-refractivity contribution < 1.29 is 26.0 Å². The number of anilines is 1. The predicted molar refractivity (Wildman–Crippen MR) is 91.9 cm³/mol. The summed E-state index contributed by atoms with van der Waals surface area (Å²) in [5.74, 6) is -1.65. The molecule has 0 fully saturated rings. The van der Waals surface area contributed by atoms with Crippen LogP contribution in [0.5, 0.6) is 0 Å². The van der Waals surface area contributed by atoms with Crippen LogP contribution in [0.3, 0.4) is 0 Å². The Morgan fingerprint density at radius 2 is 1.65 bits per heavy atom. The van der Waals surface area contributed by atoms with E-state index in [0.29, 0.717) is 6.07 Å². The van der Waals surface area contributed by atoms with Crippen molar-refractivity contribution in [1.82, 2.24) is 0 Å². The van der Waals surface area contributed by atoms with Crippen LogP contribution < -0.4 is 4.72 Å². The lowest BCUT2D eigenvalue weighted by Gasteiger charge is -2.13. The van der Waals surface area contributed by atoms with Crippen LogP contribution in [0.15, 0.2) is 47.4 Å². The summed E-state index contributed by atoms with van der Waals surface area (Å²) < 4.78 is 78.8. The molecule has 0 aliphatic rings. The zero-order chi connectivity index (χ0) is 19.4. The van der Waals surface area contributed by atoms with E-state index < -0.39 is 33.3 Å². The van der Waals surface area contributed by atoms with Crippen molar-refractivity contribution >= 4 is 15.7 Å². The molecule has 2 rings (SSSR count). The Balaban J connectivity index is 2.21. The summed E-state index contributed by atoms with van der Waals surface area (Å²) in [4.78, 5) is -0.145. The molecule has 0 aliphatic carbocycles. The molecule has 0 aliphatic heterocycles. The van der Waals surface area contributed by atoms with E-state index in [9.17, 15) is 26.0 Å². The Morgan fingerprint density at radius 3 is 2.23 bits per heavy atom. The average molecular weight is 389 g/mol. The van der Waals surface area contributed by atoms with E-state index in [2.05, 4.69) is 6.92 Å². The Labute approximate surface area is 150 Å². The van der Waals surface area contributed by atoms with Crippen molar-refractivity contribution in [2.75, 3.05) is 4.72 Å². The molecule has 26 heavy (non-hydrogen) atoms. The third-order valence-electron chi connectivity index (χ3n) is 3.85. The van der Waals surface area contributed by atoms with Gasteiger partial charge in [0, 0.05) is 0 Å². The van der Waals surface area contributed by atoms with E-state index in [4.69, 9.17) is 0 Å². The zero-order valence-corrected chi connectivity index (χ0v) is 14.9. The second kappa shape index (κ2) is 8.07. The predicted octanol–water partition coefficient (Wildman–Crippen LogP) is 5.38. The minimum atomic E-state index is -4.91. The molecule has 8 heteroatoms. The number of unbranched alkanes of at least 4 members (excludes halogenated alkanes) is 2. The number of rotatable bonds is 7. The quantitative estimate of drug-likeness (QED) is 0.511. The standard InChI is InChI=1S/C18H19F4NO2S/c1-2-3-4-6-13-9-11-14(12-10-13)26(24,25)23-16-8-5-7-15(17(16)19)18(20,21)22/h5,7-12,23H,2-4,6H2,1H3. The molecule has 2 aromatic carbocycles. The molecule has 0 amide bonds. The zero-order valence-electron chi connectivity index (χ0n) is 14.1. The van der Waals surface area contributed by atoms with Crippen LogP contribution in [-0.2, 0) is 22.6 Å². The van der Waals surface area contributed by atoms with Crippen molar-refractivity contribution in [3.63, 3.8) is 0 Å². The summed E-state index contributed by atoms with van der Waals surface area (Å²) in [5, 5.41) is 0. The third kappa shape index (κ3) is 4.97. The highest BCUT2D eigenvalue weighted by Gasteiger charge is 2.35. The molecule has 0 heterocycles. The summed E-state index contributed by atoms with van der Waals surface area (Å²) in [6.45, 7) is 2.08. The Hall–Kier alpha value is -2.09. The van der Waals surface area contributed by atoms with E-state index >= 15 is 0 Å².